The van der Waals surface area contributed by atoms with E-state index in [1.165, 1.54) is 4.31 Å². The standard InChI is InChI=1S/C26H30N2O3S/c1-5-21-14-16-22(17-15-21)28(32(30,31)23-11-7-6-8-12-23)18-25(29)27-26-20(4)10-9-13-24(26)19(2)3/h6-17,19H,5,18H2,1-4H3,(H,27,29). The van der Waals surface area contributed by atoms with Gasteiger partial charge in [0.15, 0.2) is 0 Å². The smallest absolute Gasteiger partial charge is 0.264 e. The first-order chi connectivity index (χ1) is 15.2. The summed E-state index contributed by atoms with van der Waals surface area (Å²) in [5, 5.41) is 2.96. The molecule has 0 heterocycles. The van der Waals surface area contributed by atoms with E-state index in [-0.39, 0.29) is 23.3 Å². The van der Waals surface area contributed by atoms with Crippen molar-refractivity contribution in [2.45, 2.75) is 44.9 Å². The van der Waals surface area contributed by atoms with Crippen LogP contribution >= 0.6 is 0 Å². The van der Waals surface area contributed by atoms with Gasteiger partial charge in [0, 0.05) is 5.69 Å². The summed E-state index contributed by atoms with van der Waals surface area (Å²) in [7, 11) is -3.93. The number of carbonyl (C=O) groups excluding carboxylic acids is 1. The fourth-order valence-corrected chi connectivity index (χ4v) is 5.03. The highest BCUT2D eigenvalue weighted by Crippen LogP contribution is 2.28. The van der Waals surface area contributed by atoms with E-state index < -0.39 is 10.0 Å². The van der Waals surface area contributed by atoms with Crippen molar-refractivity contribution in [3.63, 3.8) is 0 Å². The second kappa shape index (κ2) is 10.0. The molecule has 0 unspecified atom stereocenters. The molecular weight excluding hydrogens is 420 g/mol. The third-order valence-corrected chi connectivity index (χ3v) is 7.23. The van der Waals surface area contributed by atoms with Crippen LogP contribution in [-0.2, 0) is 21.2 Å². The minimum atomic E-state index is -3.93. The number of anilines is 2. The fourth-order valence-electron chi connectivity index (χ4n) is 3.58. The quantitative estimate of drug-likeness (QED) is 0.492. The zero-order valence-electron chi connectivity index (χ0n) is 19.0. The van der Waals surface area contributed by atoms with Crippen molar-refractivity contribution in [1.29, 1.82) is 0 Å². The van der Waals surface area contributed by atoms with E-state index in [4.69, 9.17) is 0 Å². The Balaban J connectivity index is 1.97. The van der Waals surface area contributed by atoms with Gasteiger partial charge in [0.1, 0.15) is 6.54 Å². The van der Waals surface area contributed by atoms with E-state index in [1.54, 1.807) is 42.5 Å². The number of nitrogens with one attached hydrogen (secondary N) is 1. The molecule has 0 aliphatic rings. The number of aryl methyl sites for hydroxylation is 2. The summed E-state index contributed by atoms with van der Waals surface area (Å²) in [5.41, 5.74) is 4.25. The Hall–Kier alpha value is -3.12. The molecule has 0 bridgehead atoms. The first-order valence-electron chi connectivity index (χ1n) is 10.8. The van der Waals surface area contributed by atoms with E-state index in [0.29, 0.717) is 5.69 Å². The lowest BCUT2D eigenvalue weighted by Crippen LogP contribution is -2.38. The molecular formula is C26H30N2O3S. The van der Waals surface area contributed by atoms with Crippen LogP contribution in [0.25, 0.3) is 0 Å². The van der Waals surface area contributed by atoms with Crippen molar-refractivity contribution in [2.24, 2.45) is 0 Å². The summed E-state index contributed by atoms with van der Waals surface area (Å²) in [4.78, 5) is 13.3. The van der Waals surface area contributed by atoms with Crippen molar-refractivity contribution >= 4 is 27.3 Å². The normalized spacial score (nSPS) is 11.4. The average Bonchev–Trinajstić information content (AvgIpc) is 2.79. The number of rotatable bonds is 8. The van der Waals surface area contributed by atoms with Crippen LogP contribution in [0.1, 0.15) is 43.4 Å². The molecule has 3 aromatic rings. The molecule has 0 aliphatic heterocycles. The van der Waals surface area contributed by atoms with Crippen LogP contribution in [0.3, 0.4) is 0 Å². The van der Waals surface area contributed by atoms with E-state index in [0.717, 1.165) is 28.8 Å². The zero-order chi connectivity index (χ0) is 23.3. The van der Waals surface area contributed by atoms with E-state index >= 15 is 0 Å². The number of amides is 1. The van der Waals surface area contributed by atoms with E-state index in [2.05, 4.69) is 19.2 Å². The van der Waals surface area contributed by atoms with Crippen molar-refractivity contribution in [1.82, 2.24) is 0 Å². The number of hydrogen-bond donors (Lipinski definition) is 1. The predicted octanol–water partition coefficient (Wildman–Crippen LogP) is 5.51. The fraction of sp³-hybridized carbons (Fsp3) is 0.269. The lowest BCUT2D eigenvalue weighted by atomic mass is 9.98. The maximum atomic E-state index is 13.5. The van der Waals surface area contributed by atoms with Crippen LogP contribution in [-0.4, -0.2) is 20.9 Å². The molecule has 0 fully saturated rings. The van der Waals surface area contributed by atoms with E-state index in [1.807, 2.05) is 44.2 Å². The first-order valence-corrected chi connectivity index (χ1v) is 12.2. The van der Waals surface area contributed by atoms with Crippen LogP contribution in [0.4, 0.5) is 11.4 Å². The average molecular weight is 451 g/mol. The summed E-state index contributed by atoms with van der Waals surface area (Å²) in [6.07, 6.45) is 0.845. The van der Waals surface area contributed by atoms with Crippen LogP contribution in [0.15, 0.2) is 77.7 Å². The Labute approximate surface area is 191 Å². The van der Waals surface area contributed by atoms with Crippen molar-refractivity contribution in [2.75, 3.05) is 16.2 Å². The summed E-state index contributed by atoms with van der Waals surface area (Å²) < 4.78 is 28.1. The maximum Gasteiger partial charge on any atom is 0.264 e. The summed E-state index contributed by atoms with van der Waals surface area (Å²) in [5.74, 6) is -0.170. The van der Waals surface area contributed by atoms with Gasteiger partial charge in [0.2, 0.25) is 5.91 Å². The third kappa shape index (κ3) is 5.19. The minimum absolute atomic E-state index is 0.145. The molecule has 0 saturated heterocycles. The monoisotopic (exact) mass is 450 g/mol. The molecule has 6 heteroatoms. The first kappa shape index (κ1) is 23.5. The summed E-state index contributed by atoms with van der Waals surface area (Å²) >= 11 is 0. The number of hydrogen-bond acceptors (Lipinski definition) is 3. The lowest BCUT2D eigenvalue weighted by molar-refractivity contribution is -0.114. The number of nitrogens with zero attached hydrogens (tertiary/aromatic N) is 1. The Morgan fingerprint density at radius 3 is 2.19 bits per heavy atom. The molecule has 168 valence electrons. The summed E-state index contributed by atoms with van der Waals surface area (Å²) in [6.45, 7) is 7.77. The van der Waals surface area contributed by atoms with Crippen LogP contribution in [0, 0.1) is 6.92 Å². The largest absolute Gasteiger partial charge is 0.324 e. The summed E-state index contributed by atoms with van der Waals surface area (Å²) in [6, 6.07) is 21.3. The Kier molecular flexibility index (Phi) is 7.36. The molecule has 0 spiro atoms. The van der Waals surface area contributed by atoms with E-state index in [9.17, 15) is 13.2 Å². The van der Waals surface area contributed by atoms with Gasteiger partial charge in [0.25, 0.3) is 10.0 Å². The minimum Gasteiger partial charge on any atom is -0.324 e. The van der Waals surface area contributed by atoms with Crippen molar-refractivity contribution < 1.29 is 13.2 Å². The van der Waals surface area contributed by atoms with Crippen LogP contribution in [0.5, 0.6) is 0 Å². The van der Waals surface area contributed by atoms with Gasteiger partial charge in [0.05, 0.1) is 10.6 Å². The second-order valence-corrected chi connectivity index (χ2v) is 9.95. The number of benzene rings is 3. The SMILES string of the molecule is CCc1ccc(N(CC(=O)Nc2c(C)cccc2C(C)C)S(=O)(=O)c2ccccc2)cc1. The number of carbonyl (C=O) groups is 1. The van der Waals surface area contributed by atoms with Gasteiger partial charge in [-0.05, 0) is 60.2 Å². The molecule has 0 aliphatic carbocycles. The van der Waals surface area contributed by atoms with Gasteiger partial charge in [-0.2, -0.15) is 0 Å². The van der Waals surface area contributed by atoms with Gasteiger partial charge in [-0.15, -0.1) is 0 Å². The molecule has 0 aromatic heterocycles. The lowest BCUT2D eigenvalue weighted by Gasteiger charge is -2.25. The maximum absolute atomic E-state index is 13.5. The number of para-hydroxylation sites is 1. The molecule has 1 amide bonds. The molecule has 0 atom stereocenters. The Morgan fingerprint density at radius 2 is 1.59 bits per heavy atom. The topological polar surface area (TPSA) is 66.5 Å². The number of sulfonamides is 1. The zero-order valence-corrected chi connectivity index (χ0v) is 19.8. The van der Waals surface area contributed by atoms with Crippen molar-refractivity contribution in [3.05, 3.63) is 89.5 Å². The van der Waals surface area contributed by atoms with Crippen LogP contribution < -0.4 is 9.62 Å². The molecule has 5 nitrogen and oxygen atoms in total. The van der Waals surface area contributed by atoms with Gasteiger partial charge >= 0.3 is 0 Å². The van der Waals surface area contributed by atoms with Crippen LogP contribution in [0.2, 0.25) is 0 Å². The van der Waals surface area contributed by atoms with Gasteiger partial charge in [-0.1, -0.05) is 69.3 Å². The van der Waals surface area contributed by atoms with Gasteiger partial charge in [-0.3, -0.25) is 9.10 Å². The second-order valence-electron chi connectivity index (χ2n) is 8.09. The van der Waals surface area contributed by atoms with Gasteiger partial charge < -0.3 is 5.32 Å². The van der Waals surface area contributed by atoms with Crippen molar-refractivity contribution in [3.8, 4) is 0 Å². The van der Waals surface area contributed by atoms with Gasteiger partial charge in [-0.25, -0.2) is 8.42 Å². The predicted molar refractivity (Wildman–Crippen MR) is 131 cm³/mol. The molecule has 0 radical (unpaired) electrons. The molecule has 1 N–H and O–H groups in total. The Bertz CT molecular complexity index is 1170. The highest BCUT2D eigenvalue weighted by atomic mass is 32.2. The highest BCUT2D eigenvalue weighted by molar-refractivity contribution is 7.92. The molecule has 3 rings (SSSR count). The molecule has 32 heavy (non-hydrogen) atoms. The molecule has 3 aromatic carbocycles. The molecule has 0 saturated carbocycles. The highest BCUT2D eigenvalue weighted by Gasteiger charge is 2.27. The Morgan fingerprint density at radius 1 is 0.938 bits per heavy atom. The third-order valence-electron chi connectivity index (χ3n) is 5.44.